The lowest BCUT2D eigenvalue weighted by Crippen LogP contribution is -2.82. The lowest BCUT2D eigenvalue weighted by atomic mass is 9.18. The number of rotatable bonds is 0. The van der Waals surface area contributed by atoms with Crippen LogP contribution in [0.5, 0.6) is 0 Å². The number of Topliss-reactive ketones (excluding diaryl/α,β-unsaturated/α-hetero) is 2. The third-order valence-corrected chi connectivity index (χ3v) is 14.5. The largest absolute Gasteiger partial charge is 0.298 e. The van der Waals surface area contributed by atoms with Crippen LogP contribution in [0.1, 0.15) is 26.7 Å². The van der Waals surface area contributed by atoms with Gasteiger partial charge in [0, 0.05) is 23.7 Å². The fourth-order valence-corrected chi connectivity index (χ4v) is 14.6. The Morgan fingerprint density at radius 1 is 0.567 bits per heavy atom. The molecule has 0 aromatic carbocycles. The van der Waals surface area contributed by atoms with E-state index < -0.39 is 0 Å². The van der Waals surface area contributed by atoms with Crippen molar-refractivity contribution in [3.63, 3.8) is 0 Å². The van der Waals surface area contributed by atoms with Gasteiger partial charge in [-0.2, -0.15) is 0 Å². The smallest absolute Gasteiger partial charge is 0.147 e. The lowest BCUT2D eigenvalue weighted by molar-refractivity contribution is -0.389. The van der Waals surface area contributed by atoms with Crippen LogP contribution < -0.4 is 0 Å². The van der Waals surface area contributed by atoms with Gasteiger partial charge >= 0.3 is 0 Å². The zero-order chi connectivity index (χ0) is 19.6. The number of hydrogen-bond acceptors (Lipinski definition) is 2. The predicted octanol–water partition coefficient (Wildman–Crippen LogP) is 4.03. The van der Waals surface area contributed by atoms with E-state index in [-0.39, 0.29) is 23.7 Å². The summed E-state index contributed by atoms with van der Waals surface area (Å²) in [6, 6.07) is 0. The minimum atomic E-state index is 0.278. The molecule has 18 atom stereocenters. The minimum absolute atomic E-state index is 0.278. The molecule has 8 saturated carbocycles. The van der Waals surface area contributed by atoms with Gasteiger partial charge in [-0.05, 0) is 94.7 Å². The van der Waals surface area contributed by atoms with Crippen LogP contribution in [0.15, 0.2) is 24.3 Å². The Morgan fingerprint density at radius 2 is 0.833 bits per heavy atom. The standard InChI is InChI=1S/C28H30O2/c1-27-21-13-7-15(19-11-5-3-9(17(13)19)25(11)29)23(21)28(27,2)24-16-8-14(22(24)27)18-10-4-6-12(20(16)18)26(10)30/h3-6,9-24H,7-8H2,1-2H3/t9-,10+,11+,12-,13+,14-,15-,16+,17-,18+,19+,20-,21+,22-,23-,24+,27?,28?. The molecule has 2 unspecified atom stereocenters. The molecule has 0 amide bonds. The van der Waals surface area contributed by atoms with Gasteiger partial charge in [-0.1, -0.05) is 38.2 Å². The first-order valence-corrected chi connectivity index (χ1v) is 12.9. The molecule has 0 spiro atoms. The van der Waals surface area contributed by atoms with Crippen molar-refractivity contribution in [2.45, 2.75) is 26.7 Å². The van der Waals surface area contributed by atoms with E-state index in [0.29, 0.717) is 46.1 Å². The topological polar surface area (TPSA) is 34.1 Å². The minimum Gasteiger partial charge on any atom is -0.298 e. The molecule has 0 aliphatic heterocycles. The number of carbonyl (C=O) groups is 2. The maximum atomic E-state index is 12.9. The van der Waals surface area contributed by atoms with Crippen molar-refractivity contribution in [1.29, 1.82) is 0 Å². The molecule has 10 rings (SSSR count). The van der Waals surface area contributed by atoms with Crippen molar-refractivity contribution < 1.29 is 9.59 Å². The van der Waals surface area contributed by atoms with Crippen LogP contribution >= 0.6 is 0 Å². The second-order valence-electron chi connectivity index (χ2n) is 13.8. The van der Waals surface area contributed by atoms with Crippen LogP contribution in [-0.2, 0) is 9.59 Å². The molecule has 0 radical (unpaired) electrons. The second-order valence-corrected chi connectivity index (χ2v) is 13.8. The highest BCUT2D eigenvalue weighted by Gasteiger charge is 2.92. The van der Waals surface area contributed by atoms with E-state index in [2.05, 4.69) is 38.2 Å². The van der Waals surface area contributed by atoms with Gasteiger partial charge in [-0.25, -0.2) is 0 Å². The quantitative estimate of drug-likeness (QED) is 0.456. The van der Waals surface area contributed by atoms with Crippen molar-refractivity contribution in [2.24, 2.45) is 106 Å². The molecule has 154 valence electrons. The van der Waals surface area contributed by atoms with Gasteiger partial charge in [0.15, 0.2) is 0 Å². The molecule has 2 nitrogen and oxygen atoms in total. The Labute approximate surface area is 177 Å². The molecule has 8 fully saturated rings. The molecule has 0 saturated heterocycles. The molecule has 10 aliphatic carbocycles. The Morgan fingerprint density at radius 3 is 1.10 bits per heavy atom. The summed E-state index contributed by atoms with van der Waals surface area (Å²) < 4.78 is 0. The van der Waals surface area contributed by atoms with Crippen LogP contribution in [0.25, 0.3) is 0 Å². The molecule has 0 aromatic rings. The zero-order valence-electron chi connectivity index (χ0n) is 17.8. The van der Waals surface area contributed by atoms with E-state index >= 15 is 0 Å². The monoisotopic (exact) mass is 398 g/mol. The SMILES string of the molecule is CC12[C@@H]3[C@@H]4C[C@@H]([C@@H]5[C@H]4[C@@H]4C=C[C@H]5C4=O)[C@@H]3C1(C)[C@@H]1[C@@H]3C[C@@H]([C@@H]4[C@H]3[C@@H]3C=C[C@H]4C3=O)[C@@H]12. The van der Waals surface area contributed by atoms with Crippen LogP contribution in [0.3, 0.4) is 0 Å². The third kappa shape index (κ3) is 1.06. The van der Waals surface area contributed by atoms with Crippen molar-refractivity contribution in [3.05, 3.63) is 24.3 Å². The van der Waals surface area contributed by atoms with Gasteiger partial charge in [-0.15, -0.1) is 0 Å². The van der Waals surface area contributed by atoms with E-state index in [1.807, 2.05) is 0 Å². The summed E-state index contributed by atoms with van der Waals surface area (Å²) in [7, 11) is 0. The summed E-state index contributed by atoms with van der Waals surface area (Å²) in [6.07, 6.45) is 12.0. The molecular formula is C28H30O2. The van der Waals surface area contributed by atoms with Gasteiger partial charge in [0.25, 0.3) is 0 Å². The first-order chi connectivity index (χ1) is 14.5. The average Bonchev–Trinajstić information content (AvgIpc) is 3.58. The Hall–Kier alpha value is -1.18. The average molecular weight is 399 g/mol. The third-order valence-electron chi connectivity index (χ3n) is 14.5. The summed E-state index contributed by atoms with van der Waals surface area (Å²) in [5.41, 5.74) is 1.00. The van der Waals surface area contributed by atoms with Crippen molar-refractivity contribution in [1.82, 2.24) is 0 Å². The van der Waals surface area contributed by atoms with E-state index in [4.69, 9.17) is 0 Å². The van der Waals surface area contributed by atoms with Crippen molar-refractivity contribution >= 4 is 11.6 Å². The number of hydrogen-bond donors (Lipinski definition) is 0. The Balaban J connectivity index is 1.10. The molecule has 8 bridgehead atoms. The molecule has 0 aromatic heterocycles. The number of carbonyl (C=O) groups excluding carboxylic acids is 2. The summed E-state index contributed by atoms with van der Waals surface area (Å²) >= 11 is 0. The zero-order valence-corrected chi connectivity index (χ0v) is 17.8. The van der Waals surface area contributed by atoms with Crippen LogP contribution in [0, 0.1) is 106 Å². The highest BCUT2D eigenvalue weighted by atomic mass is 16.1. The Kier molecular flexibility index (Phi) is 2.07. The van der Waals surface area contributed by atoms with Crippen LogP contribution in [0.2, 0.25) is 0 Å². The highest BCUT2D eigenvalue weighted by molar-refractivity contribution is 5.93. The molecule has 0 heterocycles. The predicted molar refractivity (Wildman–Crippen MR) is 110 cm³/mol. The molecule has 0 N–H and O–H groups in total. The Bertz CT molecular complexity index is 913. The molecule has 30 heavy (non-hydrogen) atoms. The number of ketones is 2. The first kappa shape index (κ1) is 15.6. The molecule has 2 heteroatoms. The normalized spacial score (nSPS) is 76.9. The summed E-state index contributed by atoms with van der Waals surface area (Å²) in [6.45, 7) is 5.38. The fraction of sp³-hybridized carbons (Fsp3) is 0.786. The summed E-state index contributed by atoms with van der Waals surface area (Å²) in [4.78, 5) is 25.8. The van der Waals surface area contributed by atoms with Crippen LogP contribution in [-0.4, -0.2) is 11.6 Å². The molecular weight excluding hydrogens is 368 g/mol. The van der Waals surface area contributed by atoms with Gasteiger partial charge in [0.05, 0.1) is 0 Å². The van der Waals surface area contributed by atoms with Gasteiger partial charge in [0.1, 0.15) is 11.6 Å². The van der Waals surface area contributed by atoms with Crippen LogP contribution in [0.4, 0.5) is 0 Å². The second kappa shape index (κ2) is 3.99. The first-order valence-electron chi connectivity index (χ1n) is 12.9. The van der Waals surface area contributed by atoms with E-state index in [0.717, 1.165) is 47.3 Å². The maximum Gasteiger partial charge on any atom is 0.147 e. The fourth-order valence-electron chi connectivity index (χ4n) is 14.6. The number of allylic oxidation sites excluding steroid dienone is 4. The van der Waals surface area contributed by atoms with Crippen molar-refractivity contribution in [3.8, 4) is 0 Å². The molecule has 10 aliphatic rings. The van der Waals surface area contributed by atoms with Crippen molar-refractivity contribution in [2.75, 3.05) is 0 Å². The van der Waals surface area contributed by atoms with E-state index in [1.54, 1.807) is 0 Å². The van der Waals surface area contributed by atoms with Gasteiger partial charge < -0.3 is 0 Å². The van der Waals surface area contributed by atoms with E-state index in [1.165, 1.54) is 12.8 Å². The van der Waals surface area contributed by atoms with Gasteiger partial charge in [-0.3, -0.25) is 9.59 Å². The van der Waals surface area contributed by atoms with E-state index in [9.17, 15) is 9.59 Å². The highest BCUT2D eigenvalue weighted by Crippen LogP contribution is 2.95. The van der Waals surface area contributed by atoms with Gasteiger partial charge in [0.2, 0.25) is 0 Å². The maximum absolute atomic E-state index is 12.9. The summed E-state index contributed by atoms with van der Waals surface area (Å²) in [5, 5.41) is 0. The summed E-state index contributed by atoms with van der Waals surface area (Å²) in [5.74, 6) is 11.9. The lowest BCUT2D eigenvalue weighted by Gasteiger charge is -2.85. The number of fused-ring (bicyclic) bond motifs is 29.